The summed E-state index contributed by atoms with van der Waals surface area (Å²) in [4.78, 5) is 0. The van der Waals surface area contributed by atoms with E-state index in [-0.39, 0.29) is 4.04 Å². The Morgan fingerprint density at radius 1 is 1.33 bits per heavy atom. The lowest BCUT2D eigenvalue weighted by Crippen LogP contribution is -1.67. The van der Waals surface area contributed by atoms with E-state index in [1.54, 1.807) is 23.5 Å². The van der Waals surface area contributed by atoms with Crippen LogP contribution >= 0.6 is 35.1 Å². The maximum atomic E-state index is 5.58. The van der Waals surface area contributed by atoms with Crippen molar-refractivity contribution in [2.75, 3.05) is 0 Å². The fourth-order valence-corrected chi connectivity index (χ4v) is 1.98. The van der Waals surface area contributed by atoms with Crippen molar-refractivity contribution in [1.82, 2.24) is 0 Å². The van der Waals surface area contributed by atoms with Crippen LogP contribution in [0.4, 0.5) is 0 Å². The van der Waals surface area contributed by atoms with Crippen LogP contribution in [0.3, 0.4) is 0 Å². The van der Waals surface area contributed by atoms with Crippen LogP contribution in [0, 0.1) is 0 Å². The molecule has 0 aliphatic carbocycles. The minimum absolute atomic E-state index is 0.241. The number of hydrogen-bond acceptors (Lipinski definition) is 2. The van der Waals surface area contributed by atoms with Crippen molar-refractivity contribution in [2.24, 2.45) is 0 Å². The van der Waals surface area contributed by atoms with Crippen molar-refractivity contribution in [3.63, 3.8) is 0 Å². The molecule has 0 radical (unpaired) electrons. The fourth-order valence-electron chi connectivity index (χ4n) is 0.220. The molecule has 1 heterocycles. The zero-order valence-corrected chi connectivity index (χ0v) is 5.32. The first-order chi connectivity index (χ1) is 2.89. The van der Waals surface area contributed by atoms with E-state index in [0.717, 1.165) is 0 Å². The number of hydrogen-bond donors (Lipinski definition) is 0. The molecule has 0 unspecified atom stereocenters. The molecule has 0 amide bonds. The van der Waals surface area contributed by atoms with Crippen LogP contribution < -0.4 is 0 Å². The van der Waals surface area contributed by atoms with Gasteiger partial charge in [-0.05, 0) is 10.8 Å². The summed E-state index contributed by atoms with van der Waals surface area (Å²) in [5, 5.41) is 4.00. The molecule has 0 aromatic carbocycles. The van der Waals surface area contributed by atoms with Gasteiger partial charge in [0.2, 0.25) is 0 Å². The number of thioether (sulfide) groups is 2. The summed E-state index contributed by atoms with van der Waals surface area (Å²) < 4.78 is 0.241. The van der Waals surface area contributed by atoms with Crippen LogP contribution in [-0.2, 0) is 0 Å². The Morgan fingerprint density at radius 3 is 2.00 bits per heavy atom. The zero-order valence-electron chi connectivity index (χ0n) is 2.93. The smallest absolute Gasteiger partial charge is 0.103 e. The van der Waals surface area contributed by atoms with Gasteiger partial charge in [0.05, 0.1) is 0 Å². The van der Waals surface area contributed by atoms with E-state index in [2.05, 4.69) is 0 Å². The van der Waals surface area contributed by atoms with Crippen LogP contribution in [0.25, 0.3) is 0 Å². The van der Waals surface area contributed by atoms with E-state index in [1.807, 2.05) is 10.8 Å². The Morgan fingerprint density at radius 2 is 1.83 bits per heavy atom. The van der Waals surface area contributed by atoms with Gasteiger partial charge in [0.1, 0.15) is 4.04 Å². The predicted molar refractivity (Wildman–Crippen MR) is 34.0 cm³/mol. The van der Waals surface area contributed by atoms with Gasteiger partial charge < -0.3 is 0 Å². The Balaban J connectivity index is 2.32. The van der Waals surface area contributed by atoms with Crippen molar-refractivity contribution in [3.05, 3.63) is 10.8 Å². The molecule has 1 aliphatic rings. The predicted octanol–water partition coefficient (Wildman–Crippen LogP) is 2.46. The molecule has 0 bridgehead atoms. The third-order valence-electron chi connectivity index (χ3n) is 0.427. The quantitative estimate of drug-likeness (QED) is 0.472. The lowest BCUT2D eigenvalue weighted by Gasteiger charge is -1.88. The van der Waals surface area contributed by atoms with Gasteiger partial charge in [-0.3, -0.25) is 0 Å². The Bertz CT molecular complexity index is 63.2. The van der Waals surface area contributed by atoms with Crippen LogP contribution in [0.5, 0.6) is 0 Å². The first kappa shape index (κ1) is 4.88. The summed E-state index contributed by atoms with van der Waals surface area (Å²) in [6.07, 6.45) is 0. The minimum atomic E-state index is 0.241. The molecule has 0 spiro atoms. The van der Waals surface area contributed by atoms with Crippen LogP contribution in [0.2, 0.25) is 0 Å². The standard InChI is InChI=1S/C3H3ClS2/c4-3-5-1-2-6-3/h1-3H. The third-order valence-corrected chi connectivity index (χ3v) is 2.90. The molecule has 3 heteroatoms. The van der Waals surface area contributed by atoms with Crippen molar-refractivity contribution >= 4 is 35.1 Å². The summed E-state index contributed by atoms with van der Waals surface area (Å²) >= 11 is 8.87. The Labute approximate surface area is 50.3 Å². The van der Waals surface area contributed by atoms with E-state index < -0.39 is 0 Å². The van der Waals surface area contributed by atoms with Crippen molar-refractivity contribution in [1.29, 1.82) is 0 Å². The van der Waals surface area contributed by atoms with Crippen LogP contribution in [-0.4, -0.2) is 4.04 Å². The van der Waals surface area contributed by atoms with Gasteiger partial charge in [0.25, 0.3) is 0 Å². The summed E-state index contributed by atoms with van der Waals surface area (Å²) in [6, 6.07) is 0. The second-order valence-corrected chi connectivity index (χ2v) is 4.10. The molecule has 1 aliphatic heterocycles. The van der Waals surface area contributed by atoms with Gasteiger partial charge in [-0.15, -0.1) is 23.5 Å². The lowest BCUT2D eigenvalue weighted by molar-refractivity contribution is 2.07. The topological polar surface area (TPSA) is 0 Å². The average molecular weight is 139 g/mol. The van der Waals surface area contributed by atoms with Gasteiger partial charge >= 0.3 is 0 Å². The highest BCUT2D eigenvalue weighted by atomic mass is 35.5. The molecule has 0 fully saturated rings. The molecule has 1 rings (SSSR count). The van der Waals surface area contributed by atoms with Gasteiger partial charge in [-0.1, -0.05) is 11.6 Å². The van der Waals surface area contributed by atoms with E-state index in [9.17, 15) is 0 Å². The van der Waals surface area contributed by atoms with Crippen LogP contribution in [0.15, 0.2) is 10.8 Å². The maximum Gasteiger partial charge on any atom is 0.132 e. The second kappa shape index (κ2) is 2.15. The van der Waals surface area contributed by atoms with E-state index in [0.29, 0.717) is 0 Å². The molecule has 0 aromatic heterocycles. The van der Waals surface area contributed by atoms with Gasteiger partial charge in [-0.2, -0.15) is 0 Å². The molecule has 0 saturated carbocycles. The summed E-state index contributed by atoms with van der Waals surface area (Å²) in [6.45, 7) is 0. The van der Waals surface area contributed by atoms with E-state index in [4.69, 9.17) is 11.6 Å². The van der Waals surface area contributed by atoms with Gasteiger partial charge in [0, 0.05) is 0 Å². The molecule has 0 aromatic rings. The molecule has 0 atom stereocenters. The normalized spacial score (nSPS) is 22.8. The summed E-state index contributed by atoms with van der Waals surface area (Å²) in [5.41, 5.74) is 0. The minimum Gasteiger partial charge on any atom is -0.103 e. The SMILES string of the molecule is ClC1SC=CS1. The molecular weight excluding hydrogens is 136 g/mol. The molecule has 6 heavy (non-hydrogen) atoms. The molecule has 0 nitrogen and oxygen atoms in total. The third kappa shape index (κ3) is 1.10. The molecule has 34 valence electrons. The van der Waals surface area contributed by atoms with E-state index >= 15 is 0 Å². The molecule has 0 N–H and O–H groups in total. The fraction of sp³-hybridized carbons (Fsp3) is 0.333. The van der Waals surface area contributed by atoms with Gasteiger partial charge in [-0.25, -0.2) is 0 Å². The number of rotatable bonds is 0. The van der Waals surface area contributed by atoms with E-state index in [1.165, 1.54) is 0 Å². The van der Waals surface area contributed by atoms with Crippen molar-refractivity contribution in [2.45, 2.75) is 4.04 Å². The average Bonchev–Trinajstić information content (AvgIpc) is 1.86. The number of alkyl halides is 1. The van der Waals surface area contributed by atoms with Crippen molar-refractivity contribution in [3.8, 4) is 0 Å². The highest BCUT2D eigenvalue weighted by molar-refractivity contribution is 8.24. The van der Waals surface area contributed by atoms with Crippen LogP contribution in [0.1, 0.15) is 0 Å². The largest absolute Gasteiger partial charge is 0.132 e. The first-order valence-electron chi connectivity index (χ1n) is 1.49. The van der Waals surface area contributed by atoms with Gasteiger partial charge in [0.15, 0.2) is 0 Å². The monoisotopic (exact) mass is 138 g/mol. The summed E-state index contributed by atoms with van der Waals surface area (Å²) in [7, 11) is 0. The highest BCUT2D eigenvalue weighted by Crippen LogP contribution is 2.35. The summed E-state index contributed by atoms with van der Waals surface area (Å²) in [5.74, 6) is 0. The number of halogens is 1. The second-order valence-electron chi connectivity index (χ2n) is 0.819. The maximum absolute atomic E-state index is 5.58. The molecule has 0 saturated heterocycles. The molecular formula is C3H3ClS2. The Kier molecular flexibility index (Phi) is 1.74. The first-order valence-corrected chi connectivity index (χ1v) is 3.82. The Hall–Kier alpha value is 0.730. The zero-order chi connectivity index (χ0) is 4.41. The highest BCUT2D eigenvalue weighted by Gasteiger charge is 2.04. The lowest BCUT2D eigenvalue weighted by atomic mass is 11.3. The van der Waals surface area contributed by atoms with Crippen molar-refractivity contribution < 1.29 is 0 Å².